The molecule has 1 N–H and O–H groups in total. The second kappa shape index (κ2) is 5.61. The van der Waals surface area contributed by atoms with Gasteiger partial charge in [-0.2, -0.15) is 0 Å². The van der Waals surface area contributed by atoms with Gasteiger partial charge < -0.3 is 5.32 Å². The SMILES string of the molecule is C=C(C)CNC(=O)c1ccccc1SC. The second-order valence-electron chi connectivity index (χ2n) is 3.34. The van der Waals surface area contributed by atoms with Crippen LogP contribution >= 0.6 is 11.8 Å². The zero-order valence-corrected chi connectivity index (χ0v) is 9.86. The van der Waals surface area contributed by atoms with Gasteiger partial charge in [0, 0.05) is 11.4 Å². The normalized spacial score (nSPS) is 9.73. The lowest BCUT2D eigenvalue weighted by Crippen LogP contribution is -2.25. The Balaban J connectivity index is 2.77. The van der Waals surface area contributed by atoms with Gasteiger partial charge in [0.1, 0.15) is 0 Å². The number of hydrogen-bond donors (Lipinski definition) is 1. The predicted molar refractivity (Wildman–Crippen MR) is 65.4 cm³/mol. The number of amides is 1. The number of nitrogens with one attached hydrogen (secondary N) is 1. The van der Waals surface area contributed by atoms with E-state index in [1.165, 1.54) is 0 Å². The Labute approximate surface area is 94.8 Å². The fourth-order valence-corrected chi connectivity index (χ4v) is 1.75. The summed E-state index contributed by atoms with van der Waals surface area (Å²) in [4.78, 5) is 12.8. The predicted octanol–water partition coefficient (Wildman–Crippen LogP) is 2.71. The van der Waals surface area contributed by atoms with Crippen LogP contribution in [0, 0.1) is 0 Å². The third-order valence-electron chi connectivity index (χ3n) is 1.90. The minimum atomic E-state index is -0.0389. The minimum absolute atomic E-state index is 0.0389. The van der Waals surface area contributed by atoms with Crippen LogP contribution in [0.5, 0.6) is 0 Å². The van der Waals surface area contributed by atoms with Crippen LogP contribution in [0.1, 0.15) is 17.3 Å². The van der Waals surface area contributed by atoms with E-state index in [2.05, 4.69) is 11.9 Å². The summed E-state index contributed by atoms with van der Waals surface area (Å²) >= 11 is 1.57. The van der Waals surface area contributed by atoms with Crippen molar-refractivity contribution in [2.75, 3.05) is 12.8 Å². The molecule has 0 unspecified atom stereocenters. The molecule has 1 rings (SSSR count). The first-order valence-corrected chi connectivity index (χ1v) is 5.93. The van der Waals surface area contributed by atoms with Gasteiger partial charge in [-0.1, -0.05) is 24.3 Å². The molecule has 0 aliphatic carbocycles. The summed E-state index contributed by atoms with van der Waals surface area (Å²) in [7, 11) is 0. The van der Waals surface area contributed by atoms with E-state index in [4.69, 9.17) is 0 Å². The summed E-state index contributed by atoms with van der Waals surface area (Å²) < 4.78 is 0. The number of carbonyl (C=O) groups excluding carboxylic acids is 1. The smallest absolute Gasteiger partial charge is 0.252 e. The first-order valence-electron chi connectivity index (χ1n) is 4.70. The van der Waals surface area contributed by atoms with Crippen molar-refractivity contribution in [3.8, 4) is 0 Å². The Morgan fingerprint density at radius 1 is 1.47 bits per heavy atom. The molecule has 1 amide bonds. The van der Waals surface area contributed by atoms with E-state index in [1.54, 1.807) is 11.8 Å². The Morgan fingerprint density at radius 3 is 2.73 bits per heavy atom. The fraction of sp³-hybridized carbons (Fsp3) is 0.250. The second-order valence-corrected chi connectivity index (χ2v) is 4.19. The molecule has 0 radical (unpaired) electrons. The summed E-state index contributed by atoms with van der Waals surface area (Å²) in [6.07, 6.45) is 1.96. The number of thioether (sulfide) groups is 1. The molecular formula is C12H15NOS. The molecule has 1 aromatic carbocycles. The van der Waals surface area contributed by atoms with Crippen molar-refractivity contribution in [3.63, 3.8) is 0 Å². The molecule has 0 atom stereocenters. The van der Waals surface area contributed by atoms with Crippen molar-refractivity contribution in [1.82, 2.24) is 5.32 Å². The maximum atomic E-state index is 11.8. The van der Waals surface area contributed by atoms with Gasteiger partial charge in [0.05, 0.1) is 5.56 Å². The van der Waals surface area contributed by atoms with Crippen molar-refractivity contribution >= 4 is 17.7 Å². The summed E-state index contributed by atoms with van der Waals surface area (Å²) in [6.45, 7) is 6.16. The van der Waals surface area contributed by atoms with E-state index in [0.29, 0.717) is 6.54 Å². The van der Waals surface area contributed by atoms with Crippen molar-refractivity contribution in [2.24, 2.45) is 0 Å². The lowest BCUT2D eigenvalue weighted by atomic mass is 10.2. The van der Waals surface area contributed by atoms with Crippen LogP contribution in [0.25, 0.3) is 0 Å². The van der Waals surface area contributed by atoms with E-state index in [0.717, 1.165) is 16.0 Å². The highest BCUT2D eigenvalue weighted by Gasteiger charge is 2.08. The first kappa shape index (κ1) is 11.9. The van der Waals surface area contributed by atoms with E-state index in [9.17, 15) is 4.79 Å². The molecule has 80 valence electrons. The van der Waals surface area contributed by atoms with Gasteiger partial charge in [-0.05, 0) is 25.3 Å². The Morgan fingerprint density at radius 2 is 2.13 bits per heavy atom. The van der Waals surface area contributed by atoms with E-state index < -0.39 is 0 Å². The van der Waals surface area contributed by atoms with Crippen LogP contribution in [0.15, 0.2) is 41.3 Å². The average Bonchev–Trinajstić information content (AvgIpc) is 2.25. The fourth-order valence-electron chi connectivity index (χ4n) is 1.16. The van der Waals surface area contributed by atoms with Gasteiger partial charge in [0.15, 0.2) is 0 Å². The van der Waals surface area contributed by atoms with E-state index in [-0.39, 0.29) is 5.91 Å². The van der Waals surface area contributed by atoms with E-state index in [1.807, 2.05) is 37.4 Å². The van der Waals surface area contributed by atoms with Crippen molar-refractivity contribution in [2.45, 2.75) is 11.8 Å². The zero-order valence-electron chi connectivity index (χ0n) is 9.04. The molecule has 0 bridgehead atoms. The van der Waals surface area contributed by atoms with Crippen molar-refractivity contribution in [3.05, 3.63) is 42.0 Å². The van der Waals surface area contributed by atoms with Crippen LogP contribution < -0.4 is 5.32 Å². The van der Waals surface area contributed by atoms with E-state index >= 15 is 0 Å². The molecule has 0 heterocycles. The molecule has 15 heavy (non-hydrogen) atoms. The molecule has 0 spiro atoms. The number of carbonyl (C=O) groups is 1. The van der Waals surface area contributed by atoms with Gasteiger partial charge in [-0.25, -0.2) is 0 Å². The lowest BCUT2D eigenvalue weighted by molar-refractivity contribution is 0.0954. The van der Waals surface area contributed by atoms with Crippen molar-refractivity contribution in [1.29, 1.82) is 0 Å². The lowest BCUT2D eigenvalue weighted by Gasteiger charge is -2.07. The van der Waals surface area contributed by atoms with Crippen molar-refractivity contribution < 1.29 is 4.79 Å². The Bertz CT molecular complexity index is 374. The standard InChI is InChI=1S/C12H15NOS/c1-9(2)8-13-12(14)10-6-4-5-7-11(10)15-3/h4-7H,1,8H2,2-3H3,(H,13,14). The molecule has 0 saturated carbocycles. The highest BCUT2D eigenvalue weighted by atomic mass is 32.2. The summed E-state index contributed by atoms with van der Waals surface area (Å²) in [5.41, 5.74) is 1.68. The maximum absolute atomic E-state index is 11.8. The number of rotatable bonds is 4. The van der Waals surface area contributed by atoms with Gasteiger partial charge in [0.25, 0.3) is 5.91 Å². The molecule has 3 heteroatoms. The van der Waals surface area contributed by atoms with Gasteiger partial charge in [-0.15, -0.1) is 11.8 Å². The van der Waals surface area contributed by atoms with Gasteiger partial charge in [-0.3, -0.25) is 4.79 Å². The highest BCUT2D eigenvalue weighted by molar-refractivity contribution is 7.98. The van der Waals surface area contributed by atoms with Gasteiger partial charge in [0.2, 0.25) is 0 Å². The molecule has 0 aliphatic heterocycles. The van der Waals surface area contributed by atoms with Crippen LogP contribution in [0.4, 0.5) is 0 Å². The highest BCUT2D eigenvalue weighted by Crippen LogP contribution is 2.19. The van der Waals surface area contributed by atoms with Crippen LogP contribution in [-0.4, -0.2) is 18.7 Å². The maximum Gasteiger partial charge on any atom is 0.252 e. The molecular weight excluding hydrogens is 206 g/mol. The minimum Gasteiger partial charge on any atom is -0.348 e. The van der Waals surface area contributed by atoms with Crippen LogP contribution in [0.2, 0.25) is 0 Å². The third-order valence-corrected chi connectivity index (χ3v) is 2.70. The van der Waals surface area contributed by atoms with Gasteiger partial charge >= 0.3 is 0 Å². The molecule has 0 aromatic heterocycles. The summed E-state index contributed by atoms with van der Waals surface area (Å²) in [5, 5.41) is 2.82. The summed E-state index contributed by atoms with van der Waals surface area (Å²) in [6, 6.07) is 7.58. The molecule has 0 aliphatic rings. The molecule has 1 aromatic rings. The zero-order chi connectivity index (χ0) is 11.3. The average molecular weight is 221 g/mol. The Hall–Kier alpha value is -1.22. The first-order chi connectivity index (χ1) is 7.15. The topological polar surface area (TPSA) is 29.1 Å². The summed E-state index contributed by atoms with van der Waals surface area (Å²) in [5.74, 6) is -0.0389. The molecule has 0 fully saturated rings. The third kappa shape index (κ3) is 3.44. The molecule has 2 nitrogen and oxygen atoms in total. The number of hydrogen-bond acceptors (Lipinski definition) is 2. The van der Waals surface area contributed by atoms with Crippen LogP contribution in [-0.2, 0) is 0 Å². The Kier molecular flexibility index (Phi) is 4.43. The largest absolute Gasteiger partial charge is 0.348 e. The monoisotopic (exact) mass is 221 g/mol. The number of benzene rings is 1. The molecule has 0 saturated heterocycles. The van der Waals surface area contributed by atoms with Crippen LogP contribution in [0.3, 0.4) is 0 Å². The quantitative estimate of drug-likeness (QED) is 0.625.